The van der Waals surface area contributed by atoms with Crippen LogP contribution in [-0.2, 0) is 14.3 Å². The maximum absolute atomic E-state index is 13.3. The van der Waals surface area contributed by atoms with Gasteiger partial charge in [-0.1, -0.05) is 66.5 Å². The summed E-state index contributed by atoms with van der Waals surface area (Å²) in [4.78, 5) is 44.8. The normalized spacial score (nSPS) is 16.9. The van der Waals surface area contributed by atoms with Crippen molar-refractivity contribution >= 4 is 39.9 Å². The lowest BCUT2D eigenvalue weighted by Crippen LogP contribution is -2.29. The van der Waals surface area contributed by atoms with E-state index in [2.05, 4.69) is 11.6 Å². The molecule has 2 aromatic carbocycles. The molecule has 1 aliphatic heterocycles. The number of aliphatic hydroxyl groups excluding tert-OH is 1. The highest BCUT2D eigenvalue weighted by Crippen LogP contribution is 2.44. The number of carbonyl (C=O) groups is 3. The Morgan fingerprint density at radius 1 is 1.20 bits per heavy atom. The molecule has 3 aromatic rings. The van der Waals surface area contributed by atoms with Crippen LogP contribution in [0.2, 0.25) is 0 Å². The number of nitrogens with zero attached hydrogens (tertiary/aromatic N) is 2. The number of anilines is 1. The highest BCUT2D eigenvalue weighted by molar-refractivity contribution is 7.17. The van der Waals surface area contributed by atoms with Crippen molar-refractivity contribution in [3.8, 4) is 5.75 Å². The molecular formula is C26H22N2O6S. The molecule has 1 saturated heterocycles. The number of rotatable bonds is 7. The van der Waals surface area contributed by atoms with E-state index in [-0.39, 0.29) is 27.9 Å². The fraction of sp³-hybridized carbons (Fsp3) is 0.154. The second-order valence-corrected chi connectivity index (χ2v) is 8.59. The Bertz CT molecular complexity index is 1340. The number of hydrogen-bond acceptors (Lipinski definition) is 8. The number of aryl methyl sites for hydroxylation is 1. The van der Waals surface area contributed by atoms with Crippen molar-refractivity contribution in [1.82, 2.24) is 4.98 Å². The molecule has 4 rings (SSSR count). The number of ketones is 1. The molecule has 1 amide bonds. The number of aliphatic hydroxyl groups is 1. The number of Topliss-reactive ketones (excluding diaryl/α,β-unsaturated/α-hetero) is 1. The summed E-state index contributed by atoms with van der Waals surface area (Å²) in [6.07, 6.45) is 1.45. The molecule has 1 aliphatic rings. The standard InChI is InChI=1S/C26H22N2O6S/c1-4-13-34-25(32)23-15(2)27-26(35-23)28-20(16-9-6-5-7-10-16)19(22(30)24(28)31)21(29)17-11-8-12-18(14-17)33-3/h4-12,14,20,29H,1,13H2,2-3H3. The summed E-state index contributed by atoms with van der Waals surface area (Å²) >= 11 is 0.944. The number of aromatic nitrogens is 1. The number of benzene rings is 2. The summed E-state index contributed by atoms with van der Waals surface area (Å²) in [7, 11) is 1.49. The molecule has 1 fully saturated rings. The van der Waals surface area contributed by atoms with Crippen LogP contribution in [0.15, 0.2) is 72.8 Å². The van der Waals surface area contributed by atoms with Crippen LogP contribution in [0.4, 0.5) is 5.13 Å². The van der Waals surface area contributed by atoms with Gasteiger partial charge in [0.05, 0.1) is 24.4 Å². The number of thiazole rings is 1. The Kier molecular flexibility index (Phi) is 6.79. The molecule has 35 heavy (non-hydrogen) atoms. The first-order valence-corrected chi connectivity index (χ1v) is 11.4. The summed E-state index contributed by atoms with van der Waals surface area (Å²) in [6, 6.07) is 14.5. The van der Waals surface area contributed by atoms with Crippen LogP contribution < -0.4 is 9.64 Å². The van der Waals surface area contributed by atoms with E-state index in [9.17, 15) is 19.5 Å². The number of hydrogen-bond donors (Lipinski definition) is 1. The van der Waals surface area contributed by atoms with Gasteiger partial charge in [0, 0.05) is 5.56 Å². The average Bonchev–Trinajstić information content (AvgIpc) is 3.39. The Morgan fingerprint density at radius 2 is 1.94 bits per heavy atom. The van der Waals surface area contributed by atoms with E-state index in [0.717, 1.165) is 11.3 Å². The van der Waals surface area contributed by atoms with E-state index in [1.165, 1.54) is 18.1 Å². The molecule has 0 radical (unpaired) electrons. The lowest BCUT2D eigenvalue weighted by atomic mass is 9.95. The van der Waals surface area contributed by atoms with Gasteiger partial charge in [0.1, 0.15) is 23.0 Å². The van der Waals surface area contributed by atoms with Crippen molar-refractivity contribution in [1.29, 1.82) is 0 Å². The first-order valence-electron chi connectivity index (χ1n) is 10.6. The van der Waals surface area contributed by atoms with Gasteiger partial charge < -0.3 is 14.6 Å². The van der Waals surface area contributed by atoms with Gasteiger partial charge in [0.15, 0.2) is 5.13 Å². The number of methoxy groups -OCH3 is 1. The smallest absolute Gasteiger partial charge is 0.350 e. The lowest BCUT2D eigenvalue weighted by molar-refractivity contribution is -0.132. The fourth-order valence-electron chi connectivity index (χ4n) is 3.78. The maximum Gasteiger partial charge on any atom is 0.350 e. The number of carbonyl (C=O) groups excluding carboxylic acids is 3. The van der Waals surface area contributed by atoms with Crippen LogP contribution in [0.1, 0.15) is 32.5 Å². The summed E-state index contributed by atoms with van der Waals surface area (Å²) in [6.45, 7) is 5.17. The van der Waals surface area contributed by atoms with Crippen molar-refractivity contribution in [2.75, 3.05) is 18.6 Å². The molecule has 0 saturated carbocycles. The summed E-state index contributed by atoms with van der Waals surface area (Å²) in [5.41, 5.74) is 1.20. The van der Waals surface area contributed by atoms with Crippen LogP contribution in [0.25, 0.3) is 5.76 Å². The van der Waals surface area contributed by atoms with E-state index in [1.54, 1.807) is 61.5 Å². The lowest BCUT2D eigenvalue weighted by Gasteiger charge is -2.23. The van der Waals surface area contributed by atoms with Crippen molar-refractivity contribution < 1.29 is 29.0 Å². The Morgan fingerprint density at radius 3 is 2.63 bits per heavy atom. The minimum atomic E-state index is -0.954. The third kappa shape index (κ3) is 4.45. The van der Waals surface area contributed by atoms with Crippen LogP contribution in [0.3, 0.4) is 0 Å². The molecule has 8 nitrogen and oxygen atoms in total. The molecule has 1 atom stereocenters. The van der Waals surface area contributed by atoms with E-state index < -0.39 is 23.7 Å². The zero-order valence-corrected chi connectivity index (χ0v) is 19.9. The third-order valence-corrected chi connectivity index (χ3v) is 6.55. The van der Waals surface area contributed by atoms with Gasteiger partial charge in [-0.2, -0.15) is 0 Å². The van der Waals surface area contributed by atoms with Gasteiger partial charge in [-0.25, -0.2) is 9.78 Å². The van der Waals surface area contributed by atoms with Gasteiger partial charge in [-0.3, -0.25) is 14.5 Å². The van der Waals surface area contributed by atoms with Crippen molar-refractivity contribution in [3.63, 3.8) is 0 Å². The molecule has 178 valence electrons. The van der Waals surface area contributed by atoms with Crippen LogP contribution in [0, 0.1) is 6.92 Å². The Balaban J connectivity index is 1.87. The second kappa shape index (κ2) is 9.94. The van der Waals surface area contributed by atoms with Crippen LogP contribution >= 0.6 is 11.3 Å². The predicted molar refractivity (Wildman–Crippen MR) is 132 cm³/mol. The Hall–Kier alpha value is -4.24. The highest BCUT2D eigenvalue weighted by Gasteiger charge is 2.48. The number of esters is 1. The van der Waals surface area contributed by atoms with Crippen LogP contribution in [0.5, 0.6) is 5.75 Å². The first-order chi connectivity index (χ1) is 16.9. The monoisotopic (exact) mass is 490 g/mol. The van der Waals surface area contributed by atoms with Gasteiger partial charge in [-0.15, -0.1) is 0 Å². The third-order valence-electron chi connectivity index (χ3n) is 5.41. The Labute approximate surface area is 205 Å². The molecule has 0 spiro atoms. The molecule has 0 bridgehead atoms. The molecule has 1 unspecified atom stereocenters. The van der Waals surface area contributed by atoms with Crippen molar-refractivity contribution in [2.24, 2.45) is 0 Å². The molecule has 0 aliphatic carbocycles. The van der Waals surface area contributed by atoms with E-state index >= 15 is 0 Å². The molecule has 2 heterocycles. The largest absolute Gasteiger partial charge is 0.507 e. The van der Waals surface area contributed by atoms with Gasteiger partial charge >= 0.3 is 11.9 Å². The van der Waals surface area contributed by atoms with Gasteiger partial charge in [-0.05, 0) is 24.6 Å². The fourth-order valence-corrected chi connectivity index (χ4v) is 4.77. The summed E-state index contributed by atoms with van der Waals surface area (Å²) in [5, 5.41) is 11.3. The molecular weight excluding hydrogens is 468 g/mol. The zero-order chi connectivity index (χ0) is 25.1. The predicted octanol–water partition coefficient (Wildman–Crippen LogP) is 4.43. The van der Waals surface area contributed by atoms with E-state index in [4.69, 9.17) is 9.47 Å². The molecule has 1 aromatic heterocycles. The molecule has 9 heteroatoms. The highest BCUT2D eigenvalue weighted by atomic mass is 32.1. The zero-order valence-electron chi connectivity index (χ0n) is 19.1. The average molecular weight is 491 g/mol. The number of ether oxygens (including phenoxy) is 2. The second-order valence-electron chi connectivity index (χ2n) is 7.61. The van der Waals surface area contributed by atoms with Crippen molar-refractivity contribution in [2.45, 2.75) is 13.0 Å². The maximum atomic E-state index is 13.3. The molecule has 1 N–H and O–H groups in total. The van der Waals surface area contributed by atoms with E-state index in [0.29, 0.717) is 22.6 Å². The minimum absolute atomic E-state index is 0.0283. The number of amides is 1. The minimum Gasteiger partial charge on any atom is -0.507 e. The summed E-state index contributed by atoms with van der Waals surface area (Å²) in [5.74, 6) is -2.17. The SMILES string of the molecule is C=CCOC(=O)c1sc(N2C(=O)C(=O)C(=C(O)c3cccc(OC)c3)C2c2ccccc2)nc1C. The first kappa shape index (κ1) is 23.9. The summed E-state index contributed by atoms with van der Waals surface area (Å²) < 4.78 is 10.3. The van der Waals surface area contributed by atoms with Gasteiger partial charge in [0.2, 0.25) is 0 Å². The topological polar surface area (TPSA) is 106 Å². The van der Waals surface area contributed by atoms with Crippen molar-refractivity contribution in [3.05, 3.63) is 94.5 Å². The van der Waals surface area contributed by atoms with Gasteiger partial charge in [0.25, 0.3) is 5.78 Å². The van der Waals surface area contributed by atoms with E-state index in [1.807, 2.05) is 0 Å². The van der Waals surface area contributed by atoms with Crippen LogP contribution in [-0.4, -0.2) is 41.5 Å². The quantitative estimate of drug-likeness (QED) is 0.172.